The molecule has 2 aromatic rings. The molecule has 1 amide bonds. The van der Waals surface area contributed by atoms with Crippen molar-refractivity contribution in [1.82, 2.24) is 4.90 Å². The lowest BCUT2D eigenvalue weighted by Crippen LogP contribution is -2.36. The SMILES string of the molecule is C=C(C)Oc1cc(C(=O)N2CCCCC2)c(F)cc1OC(C)c1ccc(C)cc1. The molecule has 29 heavy (non-hydrogen) atoms. The molecule has 5 heteroatoms. The largest absolute Gasteiger partial charge is 0.482 e. The standard InChI is InChI=1S/C24H28FNO3/c1-16(2)28-22-14-20(24(27)26-12-6-5-7-13-26)21(25)15-23(22)29-18(4)19-10-8-17(3)9-11-19/h8-11,14-15,18H,1,5-7,12-13H2,2-4H3. The Hall–Kier alpha value is -2.82. The highest BCUT2D eigenvalue weighted by molar-refractivity contribution is 5.95. The third-order valence-electron chi connectivity index (χ3n) is 5.04. The zero-order valence-corrected chi connectivity index (χ0v) is 17.3. The number of piperidine rings is 1. The highest BCUT2D eigenvalue weighted by atomic mass is 19.1. The molecule has 154 valence electrons. The zero-order valence-electron chi connectivity index (χ0n) is 17.3. The van der Waals surface area contributed by atoms with Gasteiger partial charge >= 0.3 is 0 Å². The minimum Gasteiger partial charge on any atom is -0.482 e. The molecule has 0 spiro atoms. The van der Waals surface area contributed by atoms with Crippen LogP contribution in [0, 0.1) is 12.7 Å². The second-order valence-electron chi connectivity index (χ2n) is 7.61. The number of hydrogen-bond donors (Lipinski definition) is 0. The fourth-order valence-corrected chi connectivity index (χ4v) is 3.42. The number of ether oxygens (including phenoxy) is 2. The first-order valence-electron chi connectivity index (χ1n) is 10.0. The van der Waals surface area contributed by atoms with Gasteiger partial charge in [-0.05, 0) is 45.6 Å². The molecule has 0 bridgehead atoms. The molecular formula is C24H28FNO3. The maximum atomic E-state index is 14.9. The lowest BCUT2D eigenvalue weighted by molar-refractivity contribution is 0.0719. The van der Waals surface area contributed by atoms with Gasteiger partial charge in [0, 0.05) is 25.2 Å². The molecule has 3 rings (SSSR count). The summed E-state index contributed by atoms with van der Waals surface area (Å²) >= 11 is 0. The maximum absolute atomic E-state index is 14.9. The predicted octanol–water partition coefficient (Wildman–Crippen LogP) is 5.81. The predicted molar refractivity (Wildman–Crippen MR) is 112 cm³/mol. The number of nitrogens with zero attached hydrogens (tertiary/aromatic N) is 1. The molecule has 1 aliphatic rings. The van der Waals surface area contributed by atoms with Gasteiger partial charge in [-0.1, -0.05) is 36.4 Å². The number of carbonyl (C=O) groups excluding carboxylic acids is 1. The van der Waals surface area contributed by atoms with Crippen LogP contribution in [0.3, 0.4) is 0 Å². The third-order valence-corrected chi connectivity index (χ3v) is 5.04. The molecule has 0 N–H and O–H groups in total. The highest BCUT2D eigenvalue weighted by Crippen LogP contribution is 2.35. The van der Waals surface area contributed by atoms with E-state index >= 15 is 0 Å². The Morgan fingerprint density at radius 3 is 2.38 bits per heavy atom. The molecule has 1 saturated heterocycles. The first kappa shape index (κ1) is 20.9. The zero-order chi connectivity index (χ0) is 21.0. The Morgan fingerprint density at radius 1 is 1.10 bits per heavy atom. The van der Waals surface area contributed by atoms with E-state index in [0.717, 1.165) is 30.4 Å². The highest BCUT2D eigenvalue weighted by Gasteiger charge is 2.24. The van der Waals surface area contributed by atoms with Gasteiger partial charge in [0.05, 0.1) is 11.3 Å². The van der Waals surface area contributed by atoms with Crippen LogP contribution in [0.25, 0.3) is 0 Å². The molecule has 0 saturated carbocycles. The lowest BCUT2D eigenvalue weighted by atomic mass is 10.1. The van der Waals surface area contributed by atoms with Crippen molar-refractivity contribution in [3.05, 3.63) is 71.2 Å². The Labute approximate surface area is 171 Å². The summed E-state index contributed by atoms with van der Waals surface area (Å²) in [4.78, 5) is 14.5. The van der Waals surface area contributed by atoms with Crippen molar-refractivity contribution in [3.63, 3.8) is 0 Å². The summed E-state index contributed by atoms with van der Waals surface area (Å²) < 4.78 is 26.6. The minimum absolute atomic E-state index is 0.00140. The summed E-state index contributed by atoms with van der Waals surface area (Å²) in [5.74, 6) is 0.0421. The summed E-state index contributed by atoms with van der Waals surface area (Å²) in [6.07, 6.45) is 2.67. The number of rotatable bonds is 6. The number of hydrogen-bond acceptors (Lipinski definition) is 3. The van der Waals surface area contributed by atoms with E-state index in [-0.39, 0.29) is 23.3 Å². The van der Waals surface area contributed by atoms with Gasteiger partial charge in [-0.3, -0.25) is 4.79 Å². The van der Waals surface area contributed by atoms with Crippen LogP contribution in [0.1, 0.15) is 60.7 Å². The summed E-state index contributed by atoms with van der Waals surface area (Å²) in [5, 5.41) is 0. The third kappa shape index (κ3) is 5.17. The number of aryl methyl sites for hydroxylation is 1. The average molecular weight is 397 g/mol. The summed E-state index contributed by atoms with van der Waals surface area (Å²) in [6, 6.07) is 10.6. The smallest absolute Gasteiger partial charge is 0.256 e. The molecule has 4 nitrogen and oxygen atoms in total. The Balaban J connectivity index is 1.89. The van der Waals surface area contributed by atoms with Gasteiger partial charge < -0.3 is 14.4 Å². The molecule has 1 unspecified atom stereocenters. The van der Waals surface area contributed by atoms with E-state index < -0.39 is 5.82 Å². The topological polar surface area (TPSA) is 38.8 Å². The van der Waals surface area contributed by atoms with Gasteiger partial charge in [0.2, 0.25) is 0 Å². The number of allylic oxidation sites excluding steroid dienone is 1. The van der Waals surface area contributed by atoms with E-state index in [1.807, 2.05) is 38.1 Å². The number of benzene rings is 2. The van der Waals surface area contributed by atoms with Crippen molar-refractivity contribution < 1.29 is 18.7 Å². The van der Waals surface area contributed by atoms with Crippen LogP contribution in [-0.2, 0) is 0 Å². The van der Waals surface area contributed by atoms with E-state index in [0.29, 0.717) is 24.6 Å². The fourth-order valence-electron chi connectivity index (χ4n) is 3.42. The van der Waals surface area contributed by atoms with Crippen molar-refractivity contribution in [2.75, 3.05) is 13.1 Å². The van der Waals surface area contributed by atoms with Gasteiger partial charge in [-0.2, -0.15) is 0 Å². The van der Waals surface area contributed by atoms with Crippen LogP contribution in [0.15, 0.2) is 48.7 Å². The van der Waals surface area contributed by atoms with Crippen molar-refractivity contribution >= 4 is 5.91 Å². The van der Waals surface area contributed by atoms with Crippen LogP contribution in [0.5, 0.6) is 11.5 Å². The van der Waals surface area contributed by atoms with Gasteiger partial charge in [0.25, 0.3) is 5.91 Å². The summed E-state index contributed by atoms with van der Waals surface area (Å²) in [7, 11) is 0. The second kappa shape index (κ2) is 9.12. The van der Waals surface area contributed by atoms with Crippen molar-refractivity contribution in [2.45, 2.75) is 46.1 Å². The summed E-state index contributed by atoms with van der Waals surface area (Å²) in [6.45, 7) is 10.7. The Morgan fingerprint density at radius 2 is 1.76 bits per heavy atom. The van der Waals surface area contributed by atoms with E-state index in [2.05, 4.69) is 6.58 Å². The number of halogens is 1. The lowest BCUT2D eigenvalue weighted by Gasteiger charge is -2.27. The second-order valence-corrected chi connectivity index (χ2v) is 7.61. The maximum Gasteiger partial charge on any atom is 0.256 e. The Kier molecular flexibility index (Phi) is 6.57. The van der Waals surface area contributed by atoms with Crippen LogP contribution in [-0.4, -0.2) is 23.9 Å². The molecular weight excluding hydrogens is 369 g/mol. The first-order chi connectivity index (χ1) is 13.8. The number of amides is 1. The summed E-state index contributed by atoms with van der Waals surface area (Å²) in [5.41, 5.74) is 2.11. The first-order valence-corrected chi connectivity index (χ1v) is 10.0. The van der Waals surface area contributed by atoms with Crippen LogP contribution in [0.2, 0.25) is 0 Å². The van der Waals surface area contributed by atoms with Gasteiger partial charge in [-0.15, -0.1) is 0 Å². The normalized spacial score (nSPS) is 15.0. The molecule has 0 radical (unpaired) electrons. The molecule has 0 aliphatic carbocycles. The number of likely N-dealkylation sites (tertiary alicyclic amines) is 1. The molecule has 1 fully saturated rings. The van der Waals surface area contributed by atoms with E-state index in [4.69, 9.17) is 9.47 Å². The fraction of sp³-hybridized carbons (Fsp3) is 0.375. The Bertz CT molecular complexity index is 886. The molecule has 1 atom stereocenters. The van der Waals surface area contributed by atoms with E-state index in [1.54, 1.807) is 11.8 Å². The van der Waals surface area contributed by atoms with E-state index in [9.17, 15) is 9.18 Å². The molecule has 2 aromatic carbocycles. The van der Waals surface area contributed by atoms with E-state index in [1.165, 1.54) is 12.1 Å². The molecule has 0 aromatic heterocycles. The van der Waals surface area contributed by atoms with Crippen molar-refractivity contribution in [1.29, 1.82) is 0 Å². The quantitative estimate of drug-likeness (QED) is 0.577. The van der Waals surface area contributed by atoms with Gasteiger partial charge in [0.1, 0.15) is 11.9 Å². The average Bonchev–Trinajstić information content (AvgIpc) is 2.70. The van der Waals surface area contributed by atoms with Crippen LogP contribution in [0.4, 0.5) is 4.39 Å². The minimum atomic E-state index is -0.610. The van der Waals surface area contributed by atoms with Crippen LogP contribution < -0.4 is 9.47 Å². The monoisotopic (exact) mass is 397 g/mol. The van der Waals surface area contributed by atoms with Gasteiger partial charge in [0.15, 0.2) is 11.5 Å². The van der Waals surface area contributed by atoms with Crippen LogP contribution >= 0.6 is 0 Å². The molecule has 1 aliphatic heterocycles. The van der Waals surface area contributed by atoms with Gasteiger partial charge in [-0.25, -0.2) is 4.39 Å². The molecule has 1 heterocycles. The number of carbonyl (C=O) groups is 1. The van der Waals surface area contributed by atoms with Crippen molar-refractivity contribution in [2.24, 2.45) is 0 Å². The van der Waals surface area contributed by atoms with Crippen molar-refractivity contribution in [3.8, 4) is 11.5 Å².